The first-order valence-corrected chi connectivity index (χ1v) is 8.59. The molecule has 25 heavy (non-hydrogen) atoms. The Kier molecular flexibility index (Phi) is 5.49. The zero-order chi connectivity index (χ0) is 17.6. The van der Waals surface area contributed by atoms with Crippen molar-refractivity contribution in [1.29, 1.82) is 0 Å². The van der Waals surface area contributed by atoms with Crippen molar-refractivity contribution in [1.82, 2.24) is 19.9 Å². The quantitative estimate of drug-likeness (QED) is 0.825. The lowest BCUT2D eigenvalue weighted by atomic mass is 10.2. The summed E-state index contributed by atoms with van der Waals surface area (Å²) in [5.41, 5.74) is 6.94. The Morgan fingerprint density at radius 3 is 2.72 bits per heavy atom. The number of hydrogen-bond donors (Lipinski definition) is 1. The van der Waals surface area contributed by atoms with Gasteiger partial charge in [0.2, 0.25) is 0 Å². The standard InChI is InChI=1S/C17H24N6O2/c1-2-25-16-6-4-3-5-15(16)21-9-11-22(12-10-21)17(24)14-13-23(8-7-18)20-19-14/h3-6,13H,2,7-12,18H2,1H3. The van der Waals surface area contributed by atoms with Crippen LogP contribution in [-0.2, 0) is 6.54 Å². The topological polar surface area (TPSA) is 89.5 Å². The van der Waals surface area contributed by atoms with Gasteiger partial charge in [-0.25, -0.2) is 0 Å². The molecule has 1 saturated heterocycles. The summed E-state index contributed by atoms with van der Waals surface area (Å²) < 4.78 is 7.31. The van der Waals surface area contributed by atoms with E-state index in [2.05, 4.69) is 21.3 Å². The van der Waals surface area contributed by atoms with Gasteiger partial charge in [0.1, 0.15) is 5.75 Å². The summed E-state index contributed by atoms with van der Waals surface area (Å²) in [6.45, 7) is 6.43. The Bertz CT molecular complexity index is 709. The second-order valence-corrected chi connectivity index (χ2v) is 5.84. The number of ether oxygens (including phenoxy) is 1. The van der Waals surface area contributed by atoms with Crippen LogP contribution in [0.5, 0.6) is 5.75 Å². The average molecular weight is 344 g/mol. The molecule has 3 rings (SSSR count). The van der Waals surface area contributed by atoms with Crippen molar-refractivity contribution >= 4 is 11.6 Å². The molecule has 1 aromatic heterocycles. The average Bonchev–Trinajstić information content (AvgIpc) is 3.11. The molecule has 8 nitrogen and oxygen atoms in total. The van der Waals surface area contributed by atoms with E-state index in [1.165, 1.54) is 0 Å². The summed E-state index contributed by atoms with van der Waals surface area (Å²) >= 11 is 0. The summed E-state index contributed by atoms with van der Waals surface area (Å²) in [5, 5.41) is 7.89. The highest BCUT2D eigenvalue weighted by Gasteiger charge is 2.25. The van der Waals surface area contributed by atoms with Crippen molar-refractivity contribution < 1.29 is 9.53 Å². The molecule has 0 atom stereocenters. The van der Waals surface area contributed by atoms with Crippen LogP contribution in [0.3, 0.4) is 0 Å². The van der Waals surface area contributed by atoms with Crippen LogP contribution >= 0.6 is 0 Å². The number of carbonyl (C=O) groups excluding carboxylic acids is 1. The van der Waals surface area contributed by atoms with Gasteiger partial charge in [0.25, 0.3) is 5.91 Å². The van der Waals surface area contributed by atoms with E-state index in [1.54, 1.807) is 10.9 Å². The maximum atomic E-state index is 12.6. The highest BCUT2D eigenvalue weighted by atomic mass is 16.5. The maximum Gasteiger partial charge on any atom is 0.276 e. The molecule has 1 aliphatic heterocycles. The van der Waals surface area contributed by atoms with Gasteiger partial charge in [-0.15, -0.1) is 5.10 Å². The molecule has 1 amide bonds. The molecule has 8 heteroatoms. The molecular weight excluding hydrogens is 320 g/mol. The molecule has 0 bridgehead atoms. The normalized spacial score (nSPS) is 14.6. The molecule has 2 aromatic rings. The van der Waals surface area contributed by atoms with Gasteiger partial charge in [-0.2, -0.15) is 0 Å². The molecule has 0 spiro atoms. The molecule has 0 radical (unpaired) electrons. The number of anilines is 1. The number of para-hydroxylation sites is 2. The summed E-state index contributed by atoms with van der Waals surface area (Å²) in [4.78, 5) is 16.6. The van der Waals surface area contributed by atoms with Crippen molar-refractivity contribution in [3.8, 4) is 5.75 Å². The smallest absolute Gasteiger partial charge is 0.276 e. The lowest BCUT2D eigenvalue weighted by molar-refractivity contribution is 0.0740. The van der Waals surface area contributed by atoms with E-state index in [0.29, 0.717) is 38.5 Å². The third-order valence-electron chi connectivity index (χ3n) is 4.19. The first kappa shape index (κ1) is 17.2. The number of aromatic nitrogens is 3. The third kappa shape index (κ3) is 3.90. The highest BCUT2D eigenvalue weighted by molar-refractivity contribution is 5.92. The Morgan fingerprint density at radius 2 is 2.00 bits per heavy atom. The van der Waals surface area contributed by atoms with Crippen LogP contribution in [0, 0.1) is 0 Å². The summed E-state index contributed by atoms with van der Waals surface area (Å²) in [5.74, 6) is 0.801. The monoisotopic (exact) mass is 344 g/mol. The van der Waals surface area contributed by atoms with Gasteiger partial charge in [0.15, 0.2) is 5.69 Å². The lowest BCUT2D eigenvalue weighted by Crippen LogP contribution is -2.49. The first-order chi connectivity index (χ1) is 12.2. The van der Waals surface area contributed by atoms with Crippen LogP contribution in [0.15, 0.2) is 30.5 Å². The van der Waals surface area contributed by atoms with Crippen molar-refractivity contribution in [3.63, 3.8) is 0 Å². The minimum atomic E-state index is -0.0824. The number of piperazine rings is 1. The van der Waals surface area contributed by atoms with Crippen LogP contribution in [-0.4, -0.2) is 65.1 Å². The molecule has 1 fully saturated rings. The van der Waals surface area contributed by atoms with E-state index in [0.717, 1.165) is 24.5 Å². The Hall–Kier alpha value is -2.61. The zero-order valence-corrected chi connectivity index (χ0v) is 14.5. The minimum absolute atomic E-state index is 0.0824. The zero-order valence-electron chi connectivity index (χ0n) is 14.5. The number of nitrogens with two attached hydrogens (primary N) is 1. The van der Waals surface area contributed by atoms with Crippen molar-refractivity contribution in [2.75, 3.05) is 44.2 Å². The van der Waals surface area contributed by atoms with E-state index in [9.17, 15) is 4.79 Å². The molecule has 0 saturated carbocycles. The molecule has 2 heterocycles. The minimum Gasteiger partial charge on any atom is -0.492 e. The van der Waals surface area contributed by atoms with Gasteiger partial charge in [0, 0.05) is 32.7 Å². The van der Waals surface area contributed by atoms with Crippen LogP contribution in [0.2, 0.25) is 0 Å². The predicted molar refractivity (Wildman–Crippen MR) is 94.8 cm³/mol. The SMILES string of the molecule is CCOc1ccccc1N1CCN(C(=O)c2cn(CCN)nn2)CC1. The van der Waals surface area contributed by atoms with E-state index in [1.807, 2.05) is 30.0 Å². The van der Waals surface area contributed by atoms with Crippen molar-refractivity contribution in [3.05, 3.63) is 36.2 Å². The molecule has 1 aromatic carbocycles. The molecular formula is C17H24N6O2. The predicted octanol–water partition coefficient (Wildman–Crippen LogP) is 0.598. The largest absolute Gasteiger partial charge is 0.492 e. The first-order valence-electron chi connectivity index (χ1n) is 8.59. The summed E-state index contributed by atoms with van der Waals surface area (Å²) in [7, 11) is 0. The number of benzene rings is 1. The van der Waals surface area contributed by atoms with E-state index < -0.39 is 0 Å². The Labute approximate surface area is 147 Å². The number of carbonyl (C=O) groups is 1. The molecule has 0 aliphatic carbocycles. The maximum absolute atomic E-state index is 12.6. The second-order valence-electron chi connectivity index (χ2n) is 5.84. The van der Waals surface area contributed by atoms with Crippen LogP contribution in [0.4, 0.5) is 5.69 Å². The fourth-order valence-corrected chi connectivity index (χ4v) is 2.95. The van der Waals surface area contributed by atoms with Gasteiger partial charge >= 0.3 is 0 Å². The Balaban J connectivity index is 1.62. The third-order valence-corrected chi connectivity index (χ3v) is 4.19. The number of rotatable bonds is 6. The van der Waals surface area contributed by atoms with Gasteiger partial charge in [-0.3, -0.25) is 9.48 Å². The molecule has 134 valence electrons. The van der Waals surface area contributed by atoms with E-state index >= 15 is 0 Å². The number of nitrogens with zero attached hydrogens (tertiary/aromatic N) is 5. The summed E-state index contributed by atoms with van der Waals surface area (Å²) in [6, 6.07) is 8.01. The van der Waals surface area contributed by atoms with Crippen LogP contribution < -0.4 is 15.4 Å². The van der Waals surface area contributed by atoms with Gasteiger partial charge < -0.3 is 20.3 Å². The van der Waals surface area contributed by atoms with E-state index in [-0.39, 0.29) is 5.91 Å². The number of amides is 1. The van der Waals surface area contributed by atoms with Gasteiger partial charge in [-0.05, 0) is 19.1 Å². The number of hydrogen-bond acceptors (Lipinski definition) is 6. The molecule has 0 unspecified atom stereocenters. The molecule has 1 aliphatic rings. The fraction of sp³-hybridized carbons (Fsp3) is 0.471. The second kappa shape index (κ2) is 7.98. The van der Waals surface area contributed by atoms with E-state index in [4.69, 9.17) is 10.5 Å². The Morgan fingerprint density at radius 1 is 1.24 bits per heavy atom. The van der Waals surface area contributed by atoms with Gasteiger partial charge in [-0.1, -0.05) is 17.3 Å². The van der Waals surface area contributed by atoms with Crippen LogP contribution in [0.25, 0.3) is 0 Å². The highest BCUT2D eigenvalue weighted by Crippen LogP contribution is 2.28. The van der Waals surface area contributed by atoms with Gasteiger partial charge in [0.05, 0.1) is 25.0 Å². The lowest BCUT2D eigenvalue weighted by Gasteiger charge is -2.36. The molecule has 2 N–H and O–H groups in total. The summed E-state index contributed by atoms with van der Waals surface area (Å²) in [6.07, 6.45) is 1.66. The van der Waals surface area contributed by atoms with Crippen LogP contribution in [0.1, 0.15) is 17.4 Å². The fourth-order valence-electron chi connectivity index (χ4n) is 2.95. The van der Waals surface area contributed by atoms with Crippen molar-refractivity contribution in [2.24, 2.45) is 5.73 Å². The van der Waals surface area contributed by atoms with Crippen molar-refractivity contribution in [2.45, 2.75) is 13.5 Å².